The summed E-state index contributed by atoms with van der Waals surface area (Å²) in [7, 11) is 0. The van der Waals surface area contributed by atoms with Crippen LogP contribution in [0.1, 0.15) is 64.6 Å². The summed E-state index contributed by atoms with van der Waals surface area (Å²) in [4.78, 5) is 0. The van der Waals surface area contributed by atoms with Crippen LogP contribution in [0.3, 0.4) is 0 Å². The standard InChI is InChI=1S/C12H16FN.C4H10S/c1-8(14)10-4-3-9(7-11(10)13)12(2)5-6-12;1-4(2,3)5/h3-4,7-8H,5-6,14H2,1-2H3;5H,1-3H3. The second-order valence-corrected chi connectivity index (χ2v) is 8.10. The van der Waals surface area contributed by atoms with Gasteiger partial charge in [0, 0.05) is 16.4 Å². The van der Waals surface area contributed by atoms with Crippen molar-refractivity contribution >= 4 is 12.6 Å². The van der Waals surface area contributed by atoms with Gasteiger partial charge in [0.25, 0.3) is 0 Å². The third kappa shape index (κ3) is 5.53. The number of benzene rings is 1. The molecular formula is C16H26FNS. The summed E-state index contributed by atoms with van der Waals surface area (Å²) in [5.74, 6) is -0.161. The molecule has 19 heavy (non-hydrogen) atoms. The van der Waals surface area contributed by atoms with E-state index in [0.717, 1.165) is 5.56 Å². The number of halogens is 1. The van der Waals surface area contributed by atoms with Crippen molar-refractivity contribution in [3.63, 3.8) is 0 Å². The Bertz CT molecular complexity index is 425. The van der Waals surface area contributed by atoms with E-state index in [9.17, 15) is 4.39 Å². The quantitative estimate of drug-likeness (QED) is 0.762. The van der Waals surface area contributed by atoms with E-state index in [4.69, 9.17) is 5.73 Å². The minimum absolute atomic E-state index is 0.161. The van der Waals surface area contributed by atoms with Crippen molar-refractivity contribution in [2.24, 2.45) is 5.73 Å². The van der Waals surface area contributed by atoms with Crippen LogP contribution in [-0.2, 0) is 5.41 Å². The van der Waals surface area contributed by atoms with Gasteiger partial charge in [-0.1, -0.05) is 39.8 Å². The Morgan fingerprint density at radius 1 is 1.32 bits per heavy atom. The average Bonchev–Trinajstić information content (AvgIpc) is 2.94. The molecule has 108 valence electrons. The van der Waals surface area contributed by atoms with Crippen molar-refractivity contribution < 1.29 is 4.39 Å². The van der Waals surface area contributed by atoms with Crippen LogP contribution in [0.4, 0.5) is 4.39 Å². The van der Waals surface area contributed by atoms with Crippen LogP contribution in [0.5, 0.6) is 0 Å². The molecule has 0 spiro atoms. The summed E-state index contributed by atoms with van der Waals surface area (Å²) in [5, 5.41) is 0. The lowest BCUT2D eigenvalue weighted by Gasteiger charge is -2.12. The van der Waals surface area contributed by atoms with Gasteiger partial charge in [0.1, 0.15) is 5.82 Å². The Balaban J connectivity index is 0.000000312. The highest BCUT2D eigenvalue weighted by atomic mass is 32.1. The number of nitrogens with two attached hydrogens (primary N) is 1. The van der Waals surface area contributed by atoms with E-state index in [2.05, 4.69) is 40.3 Å². The zero-order valence-corrected chi connectivity index (χ0v) is 13.5. The fraction of sp³-hybridized carbons (Fsp3) is 0.625. The van der Waals surface area contributed by atoms with E-state index in [1.807, 2.05) is 12.1 Å². The first-order valence-corrected chi connectivity index (χ1v) is 7.25. The van der Waals surface area contributed by atoms with Crippen molar-refractivity contribution in [2.45, 2.75) is 63.7 Å². The first kappa shape index (κ1) is 16.5. The lowest BCUT2D eigenvalue weighted by Crippen LogP contribution is -2.09. The van der Waals surface area contributed by atoms with E-state index < -0.39 is 0 Å². The predicted octanol–water partition coefficient (Wildman–Crippen LogP) is 4.61. The van der Waals surface area contributed by atoms with Gasteiger partial charge in [-0.25, -0.2) is 4.39 Å². The molecule has 0 amide bonds. The molecule has 2 rings (SSSR count). The molecule has 3 heteroatoms. The number of thiol groups is 1. The Labute approximate surface area is 122 Å². The van der Waals surface area contributed by atoms with Gasteiger partial charge in [-0.15, -0.1) is 0 Å². The lowest BCUT2D eigenvalue weighted by atomic mass is 9.95. The minimum atomic E-state index is -0.226. The molecule has 1 unspecified atom stereocenters. The minimum Gasteiger partial charge on any atom is -0.324 e. The molecule has 0 bridgehead atoms. The smallest absolute Gasteiger partial charge is 0.128 e. The molecular weight excluding hydrogens is 257 g/mol. The van der Waals surface area contributed by atoms with E-state index in [1.54, 1.807) is 13.0 Å². The average molecular weight is 283 g/mol. The van der Waals surface area contributed by atoms with Crippen molar-refractivity contribution in [1.29, 1.82) is 0 Å². The second-order valence-electron chi connectivity index (χ2n) is 6.76. The first-order valence-electron chi connectivity index (χ1n) is 6.81. The second kappa shape index (κ2) is 5.84. The van der Waals surface area contributed by atoms with E-state index in [0.29, 0.717) is 5.56 Å². The Hall–Kier alpha value is -0.540. The highest BCUT2D eigenvalue weighted by Gasteiger charge is 2.39. The molecule has 0 aliphatic heterocycles. The fourth-order valence-corrected chi connectivity index (χ4v) is 1.75. The van der Waals surface area contributed by atoms with Gasteiger partial charge in [-0.2, -0.15) is 12.6 Å². The fourth-order valence-electron chi connectivity index (χ4n) is 1.75. The summed E-state index contributed by atoms with van der Waals surface area (Å²) in [6.45, 7) is 10.1. The molecule has 1 nitrogen and oxygen atoms in total. The molecule has 1 aromatic carbocycles. The number of hydrogen-bond acceptors (Lipinski definition) is 2. The van der Waals surface area contributed by atoms with Gasteiger partial charge in [0.2, 0.25) is 0 Å². The highest BCUT2D eigenvalue weighted by molar-refractivity contribution is 7.81. The van der Waals surface area contributed by atoms with Gasteiger partial charge in [-0.3, -0.25) is 0 Å². The van der Waals surface area contributed by atoms with Crippen LogP contribution in [0.25, 0.3) is 0 Å². The monoisotopic (exact) mass is 283 g/mol. The van der Waals surface area contributed by atoms with Crippen molar-refractivity contribution in [3.8, 4) is 0 Å². The molecule has 0 radical (unpaired) electrons. The maximum Gasteiger partial charge on any atom is 0.128 e. The largest absolute Gasteiger partial charge is 0.324 e. The maximum atomic E-state index is 13.6. The van der Waals surface area contributed by atoms with Crippen LogP contribution >= 0.6 is 12.6 Å². The van der Waals surface area contributed by atoms with Gasteiger partial charge in [-0.05, 0) is 36.8 Å². The SMILES string of the molecule is CC(C)(C)S.CC(N)c1ccc(C2(C)CC2)cc1F. The third-order valence-corrected chi connectivity index (χ3v) is 3.19. The highest BCUT2D eigenvalue weighted by Crippen LogP contribution is 2.47. The molecule has 1 aromatic rings. The van der Waals surface area contributed by atoms with E-state index in [-0.39, 0.29) is 22.0 Å². The van der Waals surface area contributed by atoms with Crippen LogP contribution in [0, 0.1) is 5.82 Å². The van der Waals surface area contributed by atoms with E-state index >= 15 is 0 Å². The van der Waals surface area contributed by atoms with E-state index in [1.165, 1.54) is 12.8 Å². The maximum absolute atomic E-state index is 13.6. The molecule has 1 atom stereocenters. The summed E-state index contributed by atoms with van der Waals surface area (Å²) in [6.07, 6.45) is 2.34. The molecule has 1 saturated carbocycles. The first-order chi connectivity index (χ1) is 8.53. The Morgan fingerprint density at radius 2 is 1.79 bits per heavy atom. The zero-order valence-electron chi connectivity index (χ0n) is 12.6. The molecule has 0 saturated heterocycles. The summed E-state index contributed by atoms with van der Waals surface area (Å²) >= 11 is 4.12. The molecule has 1 fully saturated rings. The lowest BCUT2D eigenvalue weighted by molar-refractivity contribution is 0.588. The van der Waals surface area contributed by atoms with Crippen molar-refractivity contribution in [1.82, 2.24) is 0 Å². The summed E-state index contributed by atoms with van der Waals surface area (Å²) < 4.78 is 13.8. The van der Waals surface area contributed by atoms with Gasteiger partial charge >= 0.3 is 0 Å². The van der Waals surface area contributed by atoms with Crippen LogP contribution in [-0.4, -0.2) is 4.75 Å². The zero-order chi connectivity index (χ0) is 14.8. The van der Waals surface area contributed by atoms with Crippen LogP contribution in [0.15, 0.2) is 18.2 Å². The molecule has 1 aliphatic carbocycles. The van der Waals surface area contributed by atoms with Gasteiger partial charge in [0.15, 0.2) is 0 Å². The molecule has 1 aliphatic rings. The van der Waals surface area contributed by atoms with Gasteiger partial charge < -0.3 is 5.73 Å². The van der Waals surface area contributed by atoms with Crippen molar-refractivity contribution in [3.05, 3.63) is 35.1 Å². The topological polar surface area (TPSA) is 26.0 Å². The number of hydrogen-bond donors (Lipinski definition) is 2. The number of rotatable bonds is 2. The molecule has 0 aromatic heterocycles. The normalized spacial score (nSPS) is 18.3. The summed E-state index contributed by atoms with van der Waals surface area (Å²) in [5.41, 5.74) is 7.60. The van der Waals surface area contributed by atoms with Crippen LogP contribution in [0.2, 0.25) is 0 Å². The Morgan fingerprint density at radius 3 is 2.11 bits per heavy atom. The molecule has 2 N–H and O–H groups in total. The Kier molecular flexibility index (Phi) is 5.08. The van der Waals surface area contributed by atoms with Crippen LogP contribution < -0.4 is 5.73 Å². The molecule has 0 heterocycles. The van der Waals surface area contributed by atoms with Crippen molar-refractivity contribution in [2.75, 3.05) is 0 Å². The predicted molar refractivity (Wildman–Crippen MR) is 84.3 cm³/mol. The van der Waals surface area contributed by atoms with Gasteiger partial charge in [0.05, 0.1) is 0 Å². The summed E-state index contributed by atoms with van der Waals surface area (Å²) in [6, 6.07) is 5.25. The third-order valence-electron chi connectivity index (χ3n) is 3.19.